The molecule has 9 heteroatoms. The monoisotopic (exact) mass is 415 g/mol. The molecule has 0 saturated carbocycles. The van der Waals surface area contributed by atoms with Gasteiger partial charge in [-0.3, -0.25) is 9.52 Å². The van der Waals surface area contributed by atoms with Gasteiger partial charge in [-0.1, -0.05) is 12.1 Å². The Bertz CT molecular complexity index is 835. The van der Waals surface area contributed by atoms with Crippen molar-refractivity contribution in [3.63, 3.8) is 0 Å². The predicted molar refractivity (Wildman–Crippen MR) is 107 cm³/mol. The van der Waals surface area contributed by atoms with Crippen LogP contribution < -0.4 is 10.0 Å². The van der Waals surface area contributed by atoms with E-state index >= 15 is 0 Å². The fourth-order valence-electron chi connectivity index (χ4n) is 2.90. The maximum atomic E-state index is 12.7. The van der Waals surface area contributed by atoms with Gasteiger partial charge < -0.3 is 10.2 Å². The molecule has 0 bridgehead atoms. The number of halogens is 1. The summed E-state index contributed by atoms with van der Waals surface area (Å²) in [6.45, 7) is 1.81. The minimum Gasteiger partial charge on any atom is -0.339 e. The zero-order valence-corrected chi connectivity index (χ0v) is 16.8. The lowest BCUT2D eigenvalue weighted by atomic mass is 10.0. The van der Waals surface area contributed by atoms with E-state index in [1.165, 1.54) is 0 Å². The SMILES string of the molecule is CN(C(=O)c1cccc(NS(=O)(=O)c2cccs2)c1)C1CCNCC1.Cl. The van der Waals surface area contributed by atoms with E-state index < -0.39 is 10.0 Å². The van der Waals surface area contributed by atoms with Gasteiger partial charge in [0.1, 0.15) is 4.21 Å². The molecule has 3 rings (SSSR count). The highest BCUT2D eigenvalue weighted by Gasteiger charge is 2.23. The molecule has 142 valence electrons. The highest BCUT2D eigenvalue weighted by molar-refractivity contribution is 7.94. The van der Waals surface area contributed by atoms with Gasteiger partial charge in [0.15, 0.2) is 0 Å². The summed E-state index contributed by atoms with van der Waals surface area (Å²) < 4.78 is 27.4. The van der Waals surface area contributed by atoms with Crippen LogP contribution in [0.2, 0.25) is 0 Å². The Labute approximate surface area is 164 Å². The molecule has 1 amide bonds. The number of piperidine rings is 1. The molecule has 2 N–H and O–H groups in total. The highest BCUT2D eigenvalue weighted by Crippen LogP contribution is 2.22. The molecule has 1 saturated heterocycles. The lowest BCUT2D eigenvalue weighted by Gasteiger charge is -2.31. The highest BCUT2D eigenvalue weighted by atomic mass is 35.5. The van der Waals surface area contributed by atoms with Crippen LogP contribution in [-0.4, -0.2) is 45.4 Å². The molecule has 0 radical (unpaired) electrons. The molecule has 0 aliphatic carbocycles. The van der Waals surface area contributed by atoms with Gasteiger partial charge in [-0.2, -0.15) is 0 Å². The number of rotatable bonds is 5. The molecular formula is C17H22ClN3O3S2. The zero-order valence-electron chi connectivity index (χ0n) is 14.3. The fourth-order valence-corrected chi connectivity index (χ4v) is 4.94. The molecule has 0 spiro atoms. The van der Waals surface area contributed by atoms with Crippen LogP contribution >= 0.6 is 23.7 Å². The topological polar surface area (TPSA) is 78.5 Å². The molecule has 1 aromatic heterocycles. The Hall–Kier alpha value is -1.61. The van der Waals surface area contributed by atoms with Crippen molar-refractivity contribution >= 4 is 45.4 Å². The van der Waals surface area contributed by atoms with Gasteiger partial charge in [0.25, 0.3) is 15.9 Å². The van der Waals surface area contributed by atoms with Crippen molar-refractivity contribution in [2.24, 2.45) is 0 Å². The number of benzene rings is 1. The molecule has 26 heavy (non-hydrogen) atoms. The number of hydrogen-bond acceptors (Lipinski definition) is 5. The molecule has 1 aliphatic heterocycles. The van der Waals surface area contributed by atoms with Gasteiger partial charge in [0, 0.05) is 24.3 Å². The maximum absolute atomic E-state index is 12.7. The Kier molecular flexibility index (Phi) is 7.05. The second-order valence-electron chi connectivity index (χ2n) is 6.02. The number of anilines is 1. The van der Waals surface area contributed by atoms with Gasteiger partial charge in [0.05, 0.1) is 0 Å². The first-order valence-electron chi connectivity index (χ1n) is 8.11. The second-order valence-corrected chi connectivity index (χ2v) is 8.87. The minimum atomic E-state index is -3.62. The molecule has 1 aliphatic rings. The summed E-state index contributed by atoms with van der Waals surface area (Å²) in [4.78, 5) is 14.5. The number of nitrogens with one attached hydrogen (secondary N) is 2. The Morgan fingerprint density at radius 1 is 1.23 bits per heavy atom. The molecule has 2 heterocycles. The quantitative estimate of drug-likeness (QED) is 0.787. The lowest BCUT2D eigenvalue weighted by Crippen LogP contribution is -2.43. The van der Waals surface area contributed by atoms with Crippen molar-refractivity contribution < 1.29 is 13.2 Å². The summed E-state index contributed by atoms with van der Waals surface area (Å²) in [5.41, 5.74) is 0.866. The van der Waals surface area contributed by atoms with Crippen LogP contribution in [0.5, 0.6) is 0 Å². The Balaban J connectivity index is 0.00000243. The first-order valence-corrected chi connectivity index (χ1v) is 10.5. The zero-order chi connectivity index (χ0) is 17.9. The maximum Gasteiger partial charge on any atom is 0.271 e. The van der Waals surface area contributed by atoms with E-state index in [-0.39, 0.29) is 28.6 Å². The van der Waals surface area contributed by atoms with Gasteiger partial charge in [-0.25, -0.2) is 8.42 Å². The summed E-state index contributed by atoms with van der Waals surface area (Å²) in [6.07, 6.45) is 1.85. The van der Waals surface area contributed by atoms with Crippen molar-refractivity contribution in [3.05, 3.63) is 47.3 Å². The average Bonchev–Trinajstić information content (AvgIpc) is 3.17. The Morgan fingerprint density at radius 2 is 1.96 bits per heavy atom. The first-order chi connectivity index (χ1) is 12.0. The van der Waals surface area contributed by atoms with Crippen LogP contribution in [-0.2, 0) is 10.0 Å². The standard InChI is InChI=1S/C17H21N3O3S2.ClH/c1-20(15-7-9-18-10-8-15)17(21)13-4-2-5-14(12-13)19-25(22,23)16-6-3-11-24-16;/h2-6,11-12,15,18-19H,7-10H2,1H3;1H. The third-order valence-corrected chi connectivity index (χ3v) is 7.08. The van der Waals surface area contributed by atoms with Crippen molar-refractivity contribution in [2.75, 3.05) is 24.9 Å². The predicted octanol–water partition coefficient (Wildman–Crippen LogP) is 2.79. The number of thiophene rings is 1. The summed E-state index contributed by atoms with van der Waals surface area (Å²) in [6, 6.07) is 10.1. The van der Waals surface area contributed by atoms with Crippen LogP contribution in [0.15, 0.2) is 46.0 Å². The van der Waals surface area contributed by atoms with Crippen LogP contribution in [0, 0.1) is 0 Å². The van der Waals surface area contributed by atoms with Crippen LogP contribution in [0.4, 0.5) is 5.69 Å². The summed E-state index contributed by atoms with van der Waals surface area (Å²) in [5, 5.41) is 4.99. The first kappa shape index (κ1) is 20.7. The van der Waals surface area contributed by atoms with E-state index in [9.17, 15) is 13.2 Å². The summed E-state index contributed by atoms with van der Waals surface area (Å²) >= 11 is 1.15. The van der Waals surface area contributed by atoms with Gasteiger partial charge >= 0.3 is 0 Å². The number of amides is 1. The normalized spacial score (nSPS) is 15.1. The molecule has 1 aromatic carbocycles. The van der Waals surface area contributed by atoms with E-state index in [0.717, 1.165) is 37.3 Å². The third kappa shape index (κ3) is 4.76. The van der Waals surface area contributed by atoms with Crippen LogP contribution in [0.1, 0.15) is 23.2 Å². The Morgan fingerprint density at radius 3 is 2.62 bits per heavy atom. The number of hydrogen-bond donors (Lipinski definition) is 2. The van der Waals surface area contributed by atoms with Crippen molar-refractivity contribution in [1.82, 2.24) is 10.2 Å². The van der Waals surface area contributed by atoms with Gasteiger partial charge in [-0.05, 0) is 55.6 Å². The third-order valence-electron chi connectivity index (χ3n) is 4.30. The second kappa shape index (κ2) is 8.85. The minimum absolute atomic E-state index is 0. The average molecular weight is 416 g/mol. The molecule has 0 atom stereocenters. The number of carbonyl (C=O) groups is 1. The number of sulfonamides is 1. The van der Waals surface area contributed by atoms with Crippen molar-refractivity contribution in [1.29, 1.82) is 0 Å². The van der Waals surface area contributed by atoms with E-state index in [1.807, 2.05) is 0 Å². The molecule has 6 nitrogen and oxygen atoms in total. The van der Waals surface area contributed by atoms with E-state index in [2.05, 4.69) is 10.0 Å². The van der Waals surface area contributed by atoms with Gasteiger partial charge in [-0.15, -0.1) is 23.7 Å². The van der Waals surface area contributed by atoms with Crippen LogP contribution in [0.3, 0.4) is 0 Å². The molecule has 0 unspecified atom stereocenters. The van der Waals surface area contributed by atoms with E-state index in [1.54, 1.807) is 53.7 Å². The number of nitrogens with zero attached hydrogens (tertiary/aromatic N) is 1. The van der Waals surface area contributed by atoms with Gasteiger partial charge in [0.2, 0.25) is 0 Å². The summed E-state index contributed by atoms with van der Waals surface area (Å²) in [7, 11) is -1.81. The van der Waals surface area contributed by atoms with Crippen molar-refractivity contribution in [2.45, 2.75) is 23.1 Å². The summed E-state index contributed by atoms with van der Waals surface area (Å²) in [5.74, 6) is -0.0935. The molecule has 2 aromatic rings. The molecule has 1 fully saturated rings. The fraction of sp³-hybridized carbons (Fsp3) is 0.353. The smallest absolute Gasteiger partial charge is 0.271 e. The van der Waals surface area contributed by atoms with Crippen LogP contribution in [0.25, 0.3) is 0 Å². The lowest BCUT2D eigenvalue weighted by molar-refractivity contribution is 0.0703. The van der Waals surface area contributed by atoms with E-state index in [0.29, 0.717) is 11.3 Å². The molecular weight excluding hydrogens is 394 g/mol. The van der Waals surface area contributed by atoms with Crippen molar-refractivity contribution in [3.8, 4) is 0 Å². The largest absolute Gasteiger partial charge is 0.339 e. The van der Waals surface area contributed by atoms with E-state index in [4.69, 9.17) is 0 Å². The number of carbonyl (C=O) groups excluding carboxylic acids is 1.